The van der Waals surface area contributed by atoms with E-state index in [4.69, 9.17) is 22.9 Å². The summed E-state index contributed by atoms with van der Waals surface area (Å²) in [6.45, 7) is 3.72. The number of hydrogen-bond acceptors (Lipinski definition) is 19. The highest BCUT2D eigenvalue weighted by molar-refractivity contribution is 7.99. The number of carboxylic acids is 1. The summed E-state index contributed by atoms with van der Waals surface area (Å²) < 4.78 is 29.8. The van der Waals surface area contributed by atoms with E-state index >= 15 is 14.0 Å². The largest absolute Gasteiger partial charge is 0.481 e. The van der Waals surface area contributed by atoms with Gasteiger partial charge in [0.1, 0.15) is 66.0 Å². The van der Waals surface area contributed by atoms with Gasteiger partial charge in [0.05, 0.1) is 19.1 Å². The lowest BCUT2D eigenvalue weighted by molar-refractivity contribution is -0.139. The van der Waals surface area contributed by atoms with Crippen molar-refractivity contribution in [1.82, 2.24) is 68.8 Å². The van der Waals surface area contributed by atoms with Crippen LogP contribution in [0.1, 0.15) is 95.8 Å². The number of benzene rings is 4. The Labute approximate surface area is 631 Å². The van der Waals surface area contributed by atoms with Gasteiger partial charge >= 0.3 is 5.97 Å². The molecule has 4 aromatic carbocycles. The highest BCUT2D eigenvalue weighted by Crippen LogP contribution is 2.22. The van der Waals surface area contributed by atoms with Crippen molar-refractivity contribution in [2.45, 2.75) is 170 Å². The van der Waals surface area contributed by atoms with Crippen molar-refractivity contribution in [3.63, 3.8) is 0 Å². The number of nitrogens with one attached hydrogen (secondary N) is 13. The lowest BCUT2D eigenvalue weighted by Crippen LogP contribution is -2.64. The van der Waals surface area contributed by atoms with Crippen molar-refractivity contribution in [2.24, 2.45) is 22.9 Å². The fraction of sp³-hybridized carbons (Fsp3) is 0.423. The van der Waals surface area contributed by atoms with Crippen molar-refractivity contribution >= 4 is 134 Å². The number of aromatic nitrogens is 1. The number of aromatic amines is 1. The first-order chi connectivity index (χ1) is 51.9. The number of halogens is 2. The average Bonchev–Trinajstić information content (AvgIpc) is 1.75. The Hall–Kier alpha value is -12.2. The van der Waals surface area contributed by atoms with Crippen LogP contribution in [0.5, 0.6) is 0 Å². The maximum absolute atomic E-state index is 15.3. The quantitative estimate of drug-likeness (QED) is 0.0194. The number of hydrogen-bond donors (Lipinski definition) is 19. The van der Waals surface area contributed by atoms with Gasteiger partial charge in [0.2, 0.25) is 94.5 Å². The van der Waals surface area contributed by atoms with E-state index in [1.807, 2.05) is 0 Å². The SMILES string of the molecule is CC(=O)N[C@H]1CCSC[C@@H](C(=O)N[C@@H](Cc2ccc(F)c(F)c2)C(=O)N[C@@H](Cc2ccc3ccccc3c2)C(=O)NC(C)(C)C(=O)N[C@@H](CCC(=O)O)C(=O)N[C@@H](CC(N)=O)C(=O)NCC(N)=O)NC(=O)[C@H](CCC(N)=O)NC(=O)[C@H](Cc2c[nH]c3ccccc23)NC(=O)[C@H]([C@@H](C)O)NC(=O)[C@H](CCC(N)=O)NC1=O. The first kappa shape index (κ1) is 86.8. The number of rotatable bonds is 32. The van der Waals surface area contributed by atoms with E-state index in [1.54, 1.807) is 66.7 Å². The number of amides is 16. The second-order valence-corrected chi connectivity index (χ2v) is 27.8. The molecule has 0 radical (unpaired) electrons. The van der Waals surface area contributed by atoms with E-state index in [-0.39, 0.29) is 24.2 Å². The highest BCUT2D eigenvalue weighted by atomic mass is 32.2. The fourth-order valence-corrected chi connectivity index (χ4v) is 12.5. The number of carboxylic acid groups (broad SMARTS) is 1. The van der Waals surface area contributed by atoms with Crippen molar-refractivity contribution < 1.29 is 101 Å². The van der Waals surface area contributed by atoms with E-state index in [9.17, 15) is 86.5 Å². The van der Waals surface area contributed by atoms with E-state index in [2.05, 4.69) is 68.8 Å². The number of fused-ring (bicyclic) bond motifs is 2. The minimum absolute atomic E-state index is 0.152. The molecule has 6 rings (SSSR count). The molecule has 39 heteroatoms. The minimum Gasteiger partial charge on any atom is -0.481 e. The molecule has 0 aliphatic carbocycles. The molecular weight excluding hydrogens is 1460 g/mol. The van der Waals surface area contributed by atoms with Crippen LogP contribution in [0.4, 0.5) is 8.78 Å². The van der Waals surface area contributed by atoms with Crippen LogP contribution in [0.25, 0.3) is 21.7 Å². The van der Waals surface area contributed by atoms with Crippen LogP contribution in [-0.4, -0.2) is 206 Å². The summed E-state index contributed by atoms with van der Waals surface area (Å²) in [6, 6.07) is 3.25. The molecule has 5 aromatic rings. The normalized spacial score (nSPS) is 18.9. The van der Waals surface area contributed by atoms with Gasteiger partial charge < -0.3 is 102 Å². The third kappa shape index (κ3) is 27.0. The fourth-order valence-electron chi connectivity index (χ4n) is 11.5. The van der Waals surface area contributed by atoms with Crippen molar-refractivity contribution in [3.8, 4) is 0 Å². The first-order valence-electron chi connectivity index (χ1n) is 34.6. The number of aliphatic hydroxyl groups excluding tert-OH is 1. The van der Waals surface area contributed by atoms with Gasteiger partial charge in [0.15, 0.2) is 11.6 Å². The molecule has 110 heavy (non-hydrogen) atoms. The number of nitrogens with two attached hydrogens (primary N) is 4. The Morgan fingerprint density at radius 2 is 1.17 bits per heavy atom. The molecule has 1 aliphatic rings. The average molecular weight is 1550 g/mol. The highest BCUT2D eigenvalue weighted by Gasteiger charge is 2.40. The van der Waals surface area contributed by atoms with Crippen LogP contribution in [0, 0.1) is 11.6 Å². The number of primary amides is 4. The molecule has 0 saturated carbocycles. The van der Waals surface area contributed by atoms with Gasteiger partial charge in [-0.15, -0.1) is 0 Å². The van der Waals surface area contributed by atoms with Crippen LogP contribution >= 0.6 is 11.8 Å². The molecule has 36 nitrogen and oxygen atoms in total. The van der Waals surface area contributed by atoms with Crippen molar-refractivity contribution in [1.29, 1.82) is 0 Å². The van der Waals surface area contributed by atoms with Gasteiger partial charge in [0.25, 0.3) is 0 Å². The van der Waals surface area contributed by atoms with E-state index in [0.29, 0.717) is 39.5 Å². The summed E-state index contributed by atoms with van der Waals surface area (Å²) in [6.07, 6.45) is -6.56. The molecule has 16 amide bonds. The summed E-state index contributed by atoms with van der Waals surface area (Å²) in [5.41, 5.74) is 20.5. The third-order valence-corrected chi connectivity index (χ3v) is 18.4. The van der Waals surface area contributed by atoms with Gasteiger partial charge in [-0.2, -0.15) is 11.8 Å². The lowest BCUT2D eigenvalue weighted by Gasteiger charge is -2.31. The molecule has 1 fully saturated rings. The van der Waals surface area contributed by atoms with Crippen molar-refractivity contribution in [3.05, 3.63) is 119 Å². The Kier molecular flexibility index (Phi) is 32.1. The van der Waals surface area contributed by atoms with Gasteiger partial charge in [-0.1, -0.05) is 66.7 Å². The molecule has 1 aromatic heterocycles. The number of aliphatic hydroxyl groups is 1. The zero-order valence-electron chi connectivity index (χ0n) is 60.2. The number of aliphatic carboxylic acids is 1. The standard InChI is InChI=1S/C71H89F2N17O19S/c1-34(91)59-69(108)86-51(29-40-31-78-44-12-8-7-11-41(40)44)66(105)82-45(17-20-54(74)93)61(100)87-53(33-110-24-23-48(80-35(2)92)63(102)81-46(64(103)89-59)18-21-55(75)94)67(106)83-49(28-37-14-16-42(72)43(73)26-37)65(104)84-50(27-36-13-15-38-9-5-6-10-39(38)25-36)68(107)90-71(3,4)70(109)88-47(19-22-58(97)98)62(101)85-52(30-56(76)95)60(99)79-32-57(77)96/h5-16,25-26,31,34,45-53,59,78,91H,17-24,27-30,32-33H2,1-4H3,(H2,74,93)(H2,75,94)(H2,76,95)(H2,77,96)(H,79,99)(H,80,92)(H,81,102)(H,82,105)(H,83,106)(H,84,104)(H,85,101)(H,86,108)(H,87,100)(H,88,109)(H,89,103)(H,90,107)(H,97,98)/t34-,45+,46+,47+,48+,49+,50+,51+,52+,53+,59+/m1/s1. The zero-order valence-corrected chi connectivity index (χ0v) is 61.0. The molecule has 23 N–H and O–H groups in total. The molecule has 1 aliphatic heterocycles. The van der Waals surface area contributed by atoms with E-state index < -0.39 is 254 Å². The van der Waals surface area contributed by atoms with Crippen LogP contribution < -0.4 is 86.7 Å². The second-order valence-electron chi connectivity index (χ2n) is 26.6. The number of carbonyl (C=O) groups is 17. The first-order valence-corrected chi connectivity index (χ1v) is 35.7. The van der Waals surface area contributed by atoms with Crippen LogP contribution in [0.15, 0.2) is 91.1 Å². The summed E-state index contributed by atoms with van der Waals surface area (Å²) >= 11 is 0.841. The number of para-hydroxylation sites is 1. The molecule has 2 heterocycles. The molecule has 0 spiro atoms. The Bertz CT molecular complexity index is 4310. The maximum atomic E-state index is 15.3. The van der Waals surface area contributed by atoms with E-state index in [1.165, 1.54) is 6.20 Å². The van der Waals surface area contributed by atoms with Crippen molar-refractivity contribution in [2.75, 3.05) is 18.1 Å². The van der Waals surface area contributed by atoms with Crippen LogP contribution in [-0.2, 0) is 101 Å². The topological polar surface area (TPSA) is 595 Å². The monoisotopic (exact) mass is 1550 g/mol. The van der Waals surface area contributed by atoms with Gasteiger partial charge in [-0.3, -0.25) is 81.5 Å². The Balaban J connectivity index is 1.42. The van der Waals surface area contributed by atoms with Gasteiger partial charge in [0, 0.05) is 68.3 Å². The molecule has 1 saturated heterocycles. The minimum atomic E-state index is -2.15. The number of carbonyl (C=O) groups excluding carboxylic acids is 16. The Morgan fingerprint density at radius 3 is 1.79 bits per heavy atom. The lowest BCUT2D eigenvalue weighted by atomic mass is 9.97. The number of H-pyrrole nitrogens is 1. The van der Waals surface area contributed by atoms with Gasteiger partial charge in [-0.05, 0) is 97.9 Å². The molecular formula is C71H89F2N17O19S. The molecule has 0 unspecified atom stereocenters. The summed E-state index contributed by atoms with van der Waals surface area (Å²) in [5, 5.41) is 51.6. The summed E-state index contributed by atoms with van der Waals surface area (Å²) in [5.74, 6) is -22.6. The van der Waals surface area contributed by atoms with E-state index in [0.717, 1.165) is 50.9 Å². The number of thioether (sulfide) groups is 1. The zero-order chi connectivity index (χ0) is 81.3. The molecule has 592 valence electrons. The molecule has 0 bridgehead atoms. The van der Waals surface area contributed by atoms with Crippen LogP contribution in [0.3, 0.4) is 0 Å². The summed E-state index contributed by atoms with van der Waals surface area (Å²) in [7, 11) is 0. The Morgan fingerprint density at radius 1 is 0.600 bits per heavy atom. The predicted molar refractivity (Wildman–Crippen MR) is 390 cm³/mol. The predicted octanol–water partition coefficient (Wildman–Crippen LogP) is -4.22. The van der Waals surface area contributed by atoms with Gasteiger partial charge in [-0.25, -0.2) is 8.78 Å². The molecule has 11 atom stereocenters. The summed E-state index contributed by atoms with van der Waals surface area (Å²) in [4.78, 5) is 235. The smallest absolute Gasteiger partial charge is 0.303 e. The third-order valence-electron chi connectivity index (χ3n) is 17.3. The maximum Gasteiger partial charge on any atom is 0.303 e. The van der Waals surface area contributed by atoms with Crippen LogP contribution in [0.2, 0.25) is 0 Å². The second kappa shape index (κ2) is 40.7.